The zero-order valence-corrected chi connectivity index (χ0v) is 22.5. The molecular weight excluding hydrogens is 514 g/mol. The van der Waals surface area contributed by atoms with Gasteiger partial charge in [-0.05, 0) is 47.2 Å². The molecule has 0 spiro atoms. The third-order valence-corrected chi connectivity index (χ3v) is 8.45. The van der Waals surface area contributed by atoms with E-state index in [1.165, 1.54) is 32.3 Å². The Kier molecular flexibility index (Phi) is 4.61. The van der Waals surface area contributed by atoms with E-state index in [1.54, 1.807) is 0 Å². The van der Waals surface area contributed by atoms with E-state index in [9.17, 15) is 0 Å². The second kappa shape index (κ2) is 8.50. The summed E-state index contributed by atoms with van der Waals surface area (Å²) in [7, 11) is 0. The zero-order chi connectivity index (χ0) is 27.8. The minimum absolute atomic E-state index is 0.595. The first-order valence-electron chi connectivity index (χ1n) is 14.0. The molecule has 0 saturated heterocycles. The lowest BCUT2D eigenvalue weighted by Gasteiger charge is -2.03. The predicted molar refractivity (Wildman–Crippen MR) is 168 cm³/mol. The molecule has 9 aromatic rings. The van der Waals surface area contributed by atoms with Gasteiger partial charge in [-0.1, -0.05) is 72.8 Å². The molecule has 0 saturated carbocycles. The van der Waals surface area contributed by atoms with Crippen molar-refractivity contribution in [2.75, 3.05) is 0 Å². The van der Waals surface area contributed by atoms with Crippen molar-refractivity contribution in [2.24, 2.45) is 0 Å². The molecule has 5 heteroatoms. The number of rotatable bonds is 2. The first-order valence-corrected chi connectivity index (χ1v) is 14.0. The fourth-order valence-electron chi connectivity index (χ4n) is 6.54. The lowest BCUT2D eigenvalue weighted by molar-refractivity contribution is -0.480. The van der Waals surface area contributed by atoms with Crippen LogP contribution in [0.25, 0.3) is 70.6 Å². The summed E-state index contributed by atoms with van der Waals surface area (Å²) in [6.07, 6.45) is 8.59. The average Bonchev–Trinajstić information content (AvgIpc) is 3.72. The third-order valence-electron chi connectivity index (χ3n) is 8.45. The van der Waals surface area contributed by atoms with Crippen molar-refractivity contribution >= 4 is 60.1 Å². The standard InChI is InChI=1S/C37H23N5/c1-38-25-18-26(39-21-36-32-14-4-2-10-28(32)30-12-6-8-16-34(30)41(36)23-39)20-27(19-25)40-22-37-33-15-5-3-11-29(33)31-13-7-9-17-35(31)42(37)24-40/h2-24H/q+2. The lowest BCUT2D eigenvalue weighted by Crippen LogP contribution is -2.20. The molecule has 4 heterocycles. The van der Waals surface area contributed by atoms with E-state index in [-0.39, 0.29) is 0 Å². The molecular formula is C37H23N5+2. The van der Waals surface area contributed by atoms with Crippen molar-refractivity contribution in [1.29, 1.82) is 0 Å². The largest absolute Gasteiger partial charge is 0.254 e. The fourth-order valence-corrected chi connectivity index (χ4v) is 6.54. The van der Waals surface area contributed by atoms with Gasteiger partial charge in [0.05, 0.1) is 6.57 Å². The van der Waals surface area contributed by atoms with Crippen molar-refractivity contribution in [2.45, 2.75) is 0 Å². The Morgan fingerprint density at radius 3 is 1.26 bits per heavy atom. The first-order chi connectivity index (χ1) is 20.8. The summed E-state index contributed by atoms with van der Waals surface area (Å²) < 4.78 is 8.76. The maximum atomic E-state index is 7.90. The molecule has 9 rings (SSSR count). The highest BCUT2D eigenvalue weighted by molar-refractivity contribution is 6.10. The second-order valence-electron chi connectivity index (χ2n) is 10.8. The molecule has 4 aromatic heterocycles. The van der Waals surface area contributed by atoms with Crippen LogP contribution in [0.4, 0.5) is 5.69 Å². The molecule has 0 atom stereocenters. The van der Waals surface area contributed by atoms with Crippen molar-refractivity contribution in [3.63, 3.8) is 0 Å². The summed E-state index contributed by atoms with van der Waals surface area (Å²) in [6, 6.07) is 40.2. The Bertz CT molecular complexity index is 2280. The molecule has 0 aliphatic rings. The fraction of sp³-hybridized carbons (Fsp3) is 0. The average molecular weight is 538 g/mol. The Morgan fingerprint density at radius 1 is 0.452 bits per heavy atom. The van der Waals surface area contributed by atoms with E-state index in [1.807, 2.05) is 12.1 Å². The molecule has 0 bridgehead atoms. The summed E-state index contributed by atoms with van der Waals surface area (Å²) in [5.74, 6) is 0. The summed E-state index contributed by atoms with van der Waals surface area (Å²) in [5, 5.41) is 7.30. The lowest BCUT2D eigenvalue weighted by atomic mass is 10.1. The number of hydrogen-bond acceptors (Lipinski definition) is 0. The molecule has 194 valence electrons. The molecule has 42 heavy (non-hydrogen) atoms. The van der Waals surface area contributed by atoms with Gasteiger partial charge in [-0.15, -0.1) is 0 Å². The van der Waals surface area contributed by atoms with Crippen LogP contribution in [0.3, 0.4) is 0 Å². The first kappa shape index (κ1) is 22.8. The van der Waals surface area contributed by atoms with E-state index >= 15 is 0 Å². The zero-order valence-electron chi connectivity index (χ0n) is 22.5. The SMILES string of the molecule is [C-]#[N+]c1cc(-n2cc3c4ccccc4c4ccccc4[n+]3c2)cc(-n2cc3c4ccccc4c4ccccc4[n+]3c2)c1. The quantitative estimate of drug-likeness (QED) is 0.122. The van der Waals surface area contributed by atoms with Crippen molar-refractivity contribution in [3.8, 4) is 11.4 Å². The van der Waals surface area contributed by atoms with Crippen molar-refractivity contribution < 1.29 is 8.80 Å². The minimum Gasteiger partial charge on any atom is -0.238 e. The highest BCUT2D eigenvalue weighted by Gasteiger charge is 2.21. The highest BCUT2D eigenvalue weighted by atomic mass is 15.1. The van der Waals surface area contributed by atoms with Gasteiger partial charge in [0.25, 0.3) is 12.7 Å². The van der Waals surface area contributed by atoms with Gasteiger partial charge in [0.1, 0.15) is 34.8 Å². The van der Waals surface area contributed by atoms with Crippen LogP contribution in [0, 0.1) is 6.57 Å². The Hall–Kier alpha value is -5.99. The van der Waals surface area contributed by atoms with E-state index in [2.05, 4.69) is 151 Å². The van der Waals surface area contributed by atoms with Gasteiger partial charge in [0.15, 0.2) is 16.7 Å². The van der Waals surface area contributed by atoms with Crippen LogP contribution in [-0.2, 0) is 0 Å². The van der Waals surface area contributed by atoms with Crippen LogP contribution in [-0.4, -0.2) is 9.13 Å². The Balaban J connectivity index is 1.30. The third kappa shape index (κ3) is 3.18. The number of nitrogens with zero attached hydrogens (tertiary/aromatic N) is 5. The topological polar surface area (TPSA) is 22.4 Å². The number of hydrogen-bond donors (Lipinski definition) is 0. The summed E-state index contributed by atoms with van der Waals surface area (Å²) in [4.78, 5) is 3.86. The smallest absolute Gasteiger partial charge is 0.238 e. The van der Waals surface area contributed by atoms with Crippen molar-refractivity contribution in [3.05, 3.63) is 152 Å². The summed E-state index contributed by atoms with van der Waals surface area (Å²) in [5.41, 5.74) is 7.02. The summed E-state index contributed by atoms with van der Waals surface area (Å²) >= 11 is 0. The molecule has 0 radical (unpaired) electrons. The van der Waals surface area contributed by atoms with E-state index in [0.717, 1.165) is 33.4 Å². The van der Waals surface area contributed by atoms with Gasteiger partial charge in [0, 0.05) is 27.6 Å². The van der Waals surface area contributed by atoms with E-state index in [0.29, 0.717) is 5.69 Å². The number of aromatic nitrogens is 4. The van der Waals surface area contributed by atoms with Gasteiger partial charge in [-0.3, -0.25) is 0 Å². The molecule has 5 nitrogen and oxygen atoms in total. The monoisotopic (exact) mass is 537 g/mol. The molecule has 5 aromatic carbocycles. The van der Waals surface area contributed by atoms with Crippen LogP contribution < -0.4 is 8.80 Å². The van der Waals surface area contributed by atoms with Crippen LogP contribution in [0.1, 0.15) is 0 Å². The molecule has 0 aliphatic carbocycles. The molecule has 0 aliphatic heterocycles. The summed E-state index contributed by atoms with van der Waals surface area (Å²) in [6.45, 7) is 7.90. The van der Waals surface area contributed by atoms with Gasteiger partial charge in [0.2, 0.25) is 0 Å². The maximum absolute atomic E-state index is 7.90. The number of fused-ring (bicyclic) bond motifs is 12. The molecule has 0 amide bonds. The van der Waals surface area contributed by atoms with Gasteiger partial charge in [-0.2, -0.15) is 8.80 Å². The Morgan fingerprint density at radius 2 is 0.833 bits per heavy atom. The maximum Gasteiger partial charge on any atom is 0.254 e. The number of imidazole rings is 2. The molecule has 0 N–H and O–H groups in total. The predicted octanol–water partition coefficient (Wildman–Crippen LogP) is 7.91. The number of benzene rings is 5. The van der Waals surface area contributed by atoms with Gasteiger partial charge < -0.3 is 0 Å². The van der Waals surface area contributed by atoms with Crippen LogP contribution in [0.5, 0.6) is 0 Å². The highest BCUT2D eigenvalue weighted by Crippen LogP contribution is 2.30. The minimum atomic E-state index is 0.595. The van der Waals surface area contributed by atoms with Gasteiger partial charge in [-0.25, -0.2) is 14.0 Å². The van der Waals surface area contributed by atoms with Crippen LogP contribution in [0.2, 0.25) is 0 Å². The van der Waals surface area contributed by atoms with Crippen LogP contribution in [0.15, 0.2) is 140 Å². The van der Waals surface area contributed by atoms with E-state index < -0.39 is 0 Å². The van der Waals surface area contributed by atoms with Gasteiger partial charge >= 0.3 is 0 Å². The molecule has 0 unspecified atom stereocenters. The number of para-hydroxylation sites is 2. The molecule has 0 fully saturated rings. The van der Waals surface area contributed by atoms with Crippen molar-refractivity contribution in [1.82, 2.24) is 9.13 Å². The Labute approximate surface area is 240 Å². The number of pyridine rings is 2. The normalized spacial score (nSPS) is 11.8. The van der Waals surface area contributed by atoms with E-state index in [4.69, 9.17) is 6.57 Å². The second-order valence-corrected chi connectivity index (χ2v) is 10.8. The van der Waals surface area contributed by atoms with Crippen LogP contribution >= 0.6 is 0 Å².